The Labute approximate surface area is 219 Å². The number of benzene rings is 1. The van der Waals surface area contributed by atoms with Crippen LogP contribution in [0.2, 0.25) is 0 Å². The zero-order chi connectivity index (χ0) is 26.4. The van der Waals surface area contributed by atoms with Crippen molar-refractivity contribution in [2.45, 2.75) is 19.8 Å². The van der Waals surface area contributed by atoms with Gasteiger partial charge in [-0.05, 0) is 31.5 Å². The number of aryl methyl sites for hydroxylation is 2. The van der Waals surface area contributed by atoms with Crippen LogP contribution in [0.15, 0.2) is 36.7 Å². The normalized spacial score (nSPS) is 15.9. The lowest BCUT2D eigenvalue weighted by atomic mass is 9.78. The van der Waals surface area contributed by atoms with Gasteiger partial charge in [0.25, 0.3) is 0 Å². The van der Waals surface area contributed by atoms with Crippen molar-refractivity contribution in [3.63, 3.8) is 0 Å². The molecular formula is C28H29FN4O5. The fourth-order valence-corrected chi connectivity index (χ4v) is 5.10. The van der Waals surface area contributed by atoms with E-state index in [-0.39, 0.29) is 17.1 Å². The van der Waals surface area contributed by atoms with Gasteiger partial charge in [-0.1, -0.05) is 0 Å². The Morgan fingerprint density at radius 2 is 1.92 bits per heavy atom. The molecule has 1 amide bonds. The number of ether oxygens (including phenoxy) is 4. The Hall–Kier alpha value is -3.92. The first-order chi connectivity index (χ1) is 18.4. The second-order valence-corrected chi connectivity index (χ2v) is 10.1. The van der Waals surface area contributed by atoms with Crippen LogP contribution in [-0.4, -0.2) is 65.4 Å². The van der Waals surface area contributed by atoms with E-state index in [1.807, 2.05) is 23.4 Å². The highest BCUT2D eigenvalue weighted by atomic mass is 19.1. The molecule has 0 unspecified atom stereocenters. The van der Waals surface area contributed by atoms with Gasteiger partial charge in [-0.25, -0.2) is 9.37 Å². The monoisotopic (exact) mass is 520 g/mol. The molecule has 2 aliphatic heterocycles. The molecule has 4 aromatic rings. The summed E-state index contributed by atoms with van der Waals surface area (Å²) in [6.07, 6.45) is 3.99. The average Bonchev–Trinajstić information content (AvgIpc) is 3.15. The molecule has 6 rings (SSSR count). The third kappa shape index (κ3) is 4.18. The van der Waals surface area contributed by atoms with Crippen LogP contribution < -0.4 is 14.2 Å². The second kappa shape index (κ2) is 9.43. The second-order valence-electron chi connectivity index (χ2n) is 10.1. The van der Waals surface area contributed by atoms with E-state index in [1.54, 1.807) is 37.6 Å². The van der Waals surface area contributed by atoms with Crippen molar-refractivity contribution in [3.05, 3.63) is 48.2 Å². The highest BCUT2D eigenvalue weighted by molar-refractivity contribution is 5.88. The molecule has 0 bridgehead atoms. The van der Waals surface area contributed by atoms with E-state index >= 15 is 4.39 Å². The topological polar surface area (TPSA) is 87.9 Å². The molecule has 38 heavy (non-hydrogen) atoms. The highest BCUT2D eigenvalue weighted by Gasteiger charge is 2.50. The molecule has 2 aliphatic rings. The molecule has 10 heteroatoms. The molecule has 1 spiro atoms. The van der Waals surface area contributed by atoms with Gasteiger partial charge in [0.15, 0.2) is 23.1 Å². The number of amides is 1. The summed E-state index contributed by atoms with van der Waals surface area (Å²) >= 11 is 0. The lowest BCUT2D eigenvalue weighted by Gasteiger charge is -2.55. The third-order valence-electron chi connectivity index (χ3n) is 7.42. The number of aromatic nitrogens is 3. The number of hydrogen-bond acceptors (Lipinski definition) is 7. The smallest absolute Gasteiger partial charge is 0.222 e. The minimum absolute atomic E-state index is 0.0255. The SMILES string of the molecule is COc1cc2c(Oc3cnc4c(cc(C)n4C)c3F)ccnc2cc1OCCCC(=O)N1CC2(COC2)C1. The first-order valence-corrected chi connectivity index (χ1v) is 12.6. The van der Waals surface area contributed by atoms with E-state index in [4.69, 9.17) is 18.9 Å². The molecule has 0 saturated carbocycles. The van der Waals surface area contributed by atoms with Crippen LogP contribution in [0.25, 0.3) is 21.9 Å². The molecular weight excluding hydrogens is 491 g/mol. The van der Waals surface area contributed by atoms with E-state index in [2.05, 4.69) is 9.97 Å². The number of carbonyl (C=O) groups excluding carboxylic acids is 1. The summed E-state index contributed by atoms with van der Waals surface area (Å²) in [4.78, 5) is 23.1. The number of methoxy groups -OCH3 is 1. The van der Waals surface area contributed by atoms with Crippen LogP contribution in [0.5, 0.6) is 23.0 Å². The Balaban J connectivity index is 1.15. The van der Waals surface area contributed by atoms with Crippen molar-refractivity contribution in [2.24, 2.45) is 12.5 Å². The minimum Gasteiger partial charge on any atom is -0.493 e. The Morgan fingerprint density at radius 1 is 1.11 bits per heavy atom. The van der Waals surface area contributed by atoms with Gasteiger partial charge in [-0.3, -0.25) is 9.78 Å². The number of hydrogen-bond donors (Lipinski definition) is 0. The number of nitrogens with zero attached hydrogens (tertiary/aromatic N) is 4. The summed E-state index contributed by atoms with van der Waals surface area (Å²) in [6, 6.07) is 6.94. The van der Waals surface area contributed by atoms with Crippen LogP contribution >= 0.6 is 0 Å². The summed E-state index contributed by atoms with van der Waals surface area (Å²) in [6.45, 7) is 5.36. The molecule has 0 radical (unpaired) electrons. The van der Waals surface area contributed by atoms with Gasteiger partial charge in [0.1, 0.15) is 11.4 Å². The number of fused-ring (bicyclic) bond motifs is 2. The van der Waals surface area contributed by atoms with Crippen molar-refractivity contribution >= 4 is 27.8 Å². The van der Waals surface area contributed by atoms with E-state index in [0.29, 0.717) is 58.6 Å². The van der Waals surface area contributed by atoms with Crippen molar-refractivity contribution in [3.8, 4) is 23.0 Å². The molecule has 1 aromatic carbocycles. The Morgan fingerprint density at radius 3 is 2.66 bits per heavy atom. The van der Waals surface area contributed by atoms with Crippen LogP contribution in [0, 0.1) is 18.2 Å². The fraction of sp³-hybridized carbons (Fsp3) is 0.393. The molecule has 2 fully saturated rings. The fourth-order valence-electron chi connectivity index (χ4n) is 5.10. The van der Waals surface area contributed by atoms with E-state index < -0.39 is 5.82 Å². The molecule has 0 aliphatic carbocycles. The van der Waals surface area contributed by atoms with Gasteiger partial charge >= 0.3 is 0 Å². The maximum Gasteiger partial charge on any atom is 0.222 e. The van der Waals surface area contributed by atoms with E-state index in [9.17, 15) is 4.79 Å². The number of carbonyl (C=O) groups is 1. The van der Waals surface area contributed by atoms with Crippen LogP contribution in [0.4, 0.5) is 4.39 Å². The van der Waals surface area contributed by atoms with Gasteiger partial charge in [0, 0.05) is 49.9 Å². The van der Waals surface area contributed by atoms with Crippen LogP contribution in [-0.2, 0) is 16.6 Å². The number of pyridine rings is 2. The molecule has 0 N–H and O–H groups in total. The summed E-state index contributed by atoms with van der Waals surface area (Å²) in [5, 5.41) is 1.04. The maximum atomic E-state index is 15.3. The van der Waals surface area contributed by atoms with Gasteiger partial charge in [0.2, 0.25) is 5.91 Å². The first kappa shape index (κ1) is 24.4. The number of halogens is 1. The minimum atomic E-state index is -0.473. The lowest BCUT2D eigenvalue weighted by molar-refractivity contribution is -0.195. The Kier molecular flexibility index (Phi) is 6.06. The lowest BCUT2D eigenvalue weighted by Crippen LogP contribution is -2.67. The largest absolute Gasteiger partial charge is 0.493 e. The summed E-state index contributed by atoms with van der Waals surface area (Å²) in [5.41, 5.74) is 2.28. The summed E-state index contributed by atoms with van der Waals surface area (Å²) < 4.78 is 39.8. The van der Waals surface area contributed by atoms with Crippen LogP contribution in [0.3, 0.4) is 0 Å². The first-order valence-electron chi connectivity index (χ1n) is 12.6. The van der Waals surface area contributed by atoms with Gasteiger partial charge in [0.05, 0.1) is 49.4 Å². The summed E-state index contributed by atoms with van der Waals surface area (Å²) in [5.74, 6) is 1.12. The van der Waals surface area contributed by atoms with E-state index in [1.165, 1.54) is 6.20 Å². The standard InChI is InChI=1S/C28H29FN4O5/c1-17-9-19-26(29)24(12-31-27(19)32(17)2)38-21-6-7-30-20-11-23(22(35-3)10-18(20)21)37-8-4-5-25(34)33-13-28(14-33)15-36-16-28/h6-7,9-12H,4-5,8,13-16H2,1-3H3. The highest BCUT2D eigenvalue weighted by Crippen LogP contribution is 2.39. The van der Waals surface area contributed by atoms with Crippen molar-refractivity contribution in [1.29, 1.82) is 0 Å². The molecule has 9 nitrogen and oxygen atoms in total. The van der Waals surface area contributed by atoms with Crippen LogP contribution in [0.1, 0.15) is 18.5 Å². The van der Waals surface area contributed by atoms with E-state index in [0.717, 1.165) is 32.0 Å². The summed E-state index contributed by atoms with van der Waals surface area (Å²) in [7, 11) is 3.39. The number of likely N-dealkylation sites (tertiary alicyclic amines) is 1. The van der Waals surface area contributed by atoms with Crippen molar-refractivity contribution < 1.29 is 28.1 Å². The zero-order valence-electron chi connectivity index (χ0n) is 21.6. The quantitative estimate of drug-likeness (QED) is 0.319. The van der Waals surface area contributed by atoms with Gasteiger partial charge < -0.3 is 28.4 Å². The predicted octanol–water partition coefficient (Wildman–Crippen LogP) is 4.39. The molecule has 198 valence electrons. The van der Waals surface area contributed by atoms with Gasteiger partial charge in [-0.2, -0.15) is 0 Å². The predicted molar refractivity (Wildman–Crippen MR) is 138 cm³/mol. The molecule has 5 heterocycles. The molecule has 0 atom stereocenters. The van der Waals surface area contributed by atoms with Crippen molar-refractivity contribution in [2.75, 3.05) is 40.0 Å². The molecule has 3 aromatic heterocycles. The maximum absolute atomic E-state index is 15.3. The Bertz CT molecular complexity index is 1540. The van der Waals surface area contributed by atoms with Crippen molar-refractivity contribution in [1.82, 2.24) is 19.4 Å². The molecule has 2 saturated heterocycles. The third-order valence-corrected chi connectivity index (χ3v) is 7.42. The zero-order valence-corrected chi connectivity index (χ0v) is 21.6. The average molecular weight is 521 g/mol. The number of rotatable bonds is 8. The van der Waals surface area contributed by atoms with Gasteiger partial charge in [-0.15, -0.1) is 0 Å².